The van der Waals surface area contributed by atoms with Gasteiger partial charge in [0.2, 0.25) is 0 Å². The minimum atomic E-state index is -1.15. The molecule has 0 saturated carbocycles. The molecule has 0 fully saturated rings. The SMILES string of the molecule is COc1cc(C(=O)O)cc(NC(=O)OC(C)(C)C)c1OC. The number of amides is 1. The summed E-state index contributed by atoms with van der Waals surface area (Å²) < 4.78 is 15.3. The average molecular weight is 297 g/mol. The Bertz CT molecular complexity index is 547. The molecule has 0 radical (unpaired) electrons. The highest BCUT2D eigenvalue weighted by molar-refractivity contribution is 5.94. The molecular weight excluding hydrogens is 278 g/mol. The van der Waals surface area contributed by atoms with E-state index in [1.165, 1.54) is 26.4 Å². The Kier molecular flexibility index (Phi) is 5.02. The quantitative estimate of drug-likeness (QED) is 0.887. The predicted molar refractivity (Wildman–Crippen MR) is 76.4 cm³/mol. The predicted octanol–water partition coefficient (Wildman–Crippen LogP) is 2.75. The van der Waals surface area contributed by atoms with Crippen molar-refractivity contribution < 1.29 is 28.9 Å². The van der Waals surface area contributed by atoms with Gasteiger partial charge in [0, 0.05) is 0 Å². The lowest BCUT2D eigenvalue weighted by molar-refractivity contribution is 0.0632. The van der Waals surface area contributed by atoms with Crippen LogP contribution in [0.4, 0.5) is 10.5 Å². The smallest absolute Gasteiger partial charge is 0.412 e. The summed E-state index contributed by atoms with van der Waals surface area (Å²) in [7, 11) is 2.76. The van der Waals surface area contributed by atoms with Crippen LogP contribution in [0.1, 0.15) is 31.1 Å². The average Bonchev–Trinajstić information content (AvgIpc) is 2.35. The molecule has 1 amide bonds. The second-order valence-corrected chi connectivity index (χ2v) is 5.19. The van der Waals surface area contributed by atoms with Crippen molar-refractivity contribution in [3.63, 3.8) is 0 Å². The van der Waals surface area contributed by atoms with Gasteiger partial charge < -0.3 is 19.3 Å². The van der Waals surface area contributed by atoms with Gasteiger partial charge in [-0.2, -0.15) is 0 Å². The van der Waals surface area contributed by atoms with Crippen LogP contribution < -0.4 is 14.8 Å². The monoisotopic (exact) mass is 297 g/mol. The van der Waals surface area contributed by atoms with Crippen molar-refractivity contribution in [1.82, 2.24) is 0 Å². The molecule has 1 rings (SSSR count). The van der Waals surface area contributed by atoms with Gasteiger partial charge in [0.05, 0.1) is 25.5 Å². The fourth-order valence-corrected chi connectivity index (χ4v) is 1.59. The lowest BCUT2D eigenvalue weighted by atomic mass is 10.1. The number of methoxy groups -OCH3 is 2. The molecule has 0 aliphatic rings. The summed E-state index contributed by atoms with van der Waals surface area (Å²) in [5, 5.41) is 11.5. The van der Waals surface area contributed by atoms with Gasteiger partial charge in [-0.3, -0.25) is 5.32 Å². The number of anilines is 1. The fraction of sp³-hybridized carbons (Fsp3) is 0.429. The van der Waals surface area contributed by atoms with Gasteiger partial charge in [0.25, 0.3) is 0 Å². The maximum Gasteiger partial charge on any atom is 0.412 e. The van der Waals surface area contributed by atoms with Crippen molar-refractivity contribution >= 4 is 17.7 Å². The molecular formula is C14H19NO6. The van der Waals surface area contributed by atoms with Gasteiger partial charge in [0.15, 0.2) is 11.5 Å². The number of rotatable bonds is 4. The molecule has 0 bridgehead atoms. The molecule has 0 aliphatic heterocycles. The Morgan fingerprint density at radius 2 is 1.76 bits per heavy atom. The van der Waals surface area contributed by atoms with E-state index in [-0.39, 0.29) is 22.7 Å². The summed E-state index contributed by atoms with van der Waals surface area (Å²) in [5.74, 6) is -0.736. The van der Waals surface area contributed by atoms with Gasteiger partial charge in [-0.05, 0) is 32.9 Å². The third-order valence-electron chi connectivity index (χ3n) is 2.36. The molecule has 7 heteroatoms. The third-order valence-corrected chi connectivity index (χ3v) is 2.36. The topological polar surface area (TPSA) is 94.1 Å². The highest BCUT2D eigenvalue weighted by Crippen LogP contribution is 2.36. The van der Waals surface area contributed by atoms with Crippen LogP contribution in [0.25, 0.3) is 0 Å². The second kappa shape index (κ2) is 6.34. The molecule has 1 aromatic rings. The van der Waals surface area contributed by atoms with Crippen LogP contribution in [0, 0.1) is 0 Å². The number of nitrogens with one attached hydrogen (secondary N) is 1. The summed E-state index contributed by atoms with van der Waals surface area (Å²) in [6.07, 6.45) is -0.717. The summed E-state index contributed by atoms with van der Waals surface area (Å²) >= 11 is 0. The van der Waals surface area contributed by atoms with Crippen molar-refractivity contribution in [2.75, 3.05) is 19.5 Å². The molecule has 0 heterocycles. The molecule has 0 aliphatic carbocycles. The number of hydrogen-bond acceptors (Lipinski definition) is 5. The maximum absolute atomic E-state index is 11.8. The number of carbonyl (C=O) groups excluding carboxylic acids is 1. The van der Waals surface area contributed by atoms with Crippen LogP contribution in [0.5, 0.6) is 11.5 Å². The Hall–Kier alpha value is -2.44. The first-order valence-corrected chi connectivity index (χ1v) is 6.17. The van der Waals surface area contributed by atoms with Gasteiger partial charge in [-0.1, -0.05) is 0 Å². The van der Waals surface area contributed by atoms with Crippen LogP contribution >= 0.6 is 0 Å². The van der Waals surface area contributed by atoms with Crippen molar-refractivity contribution in [3.05, 3.63) is 17.7 Å². The molecule has 116 valence electrons. The summed E-state index contributed by atoms with van der Waals surface area (Å²) in [4.78, 5) is 22.9. The largest absolute Gasteiger partial charge is 0.493 e. The van der Waals surface area contributed by atoms with E-state index < -0.39 is 17.7 Å². The third kappa shape index (κ3) is 4.55. The van der Waals surface area contributed by atoms with E-state index in [2.05, 4.69) is 5.32 Å². The fourth-order valence-electron chi connectivity index (χ4n) is 1.59. The molecule has 7 nitrogen and oxygen atoms in total. The highest BCUT2D eigenvalue weighted by Gasteiger charge is 2.21. The van der Waals surface area contributed by atoms with E-state index in [0.717, 1.165) is 0 Å². The lowest BCUT2D eigenvalue weighted by Gasteiger charge is -2.21. The van der Waals surface area contributed by atoms with Crippen molar-refractivity contribution in [2.45, 2.75) is 26.4 Å². The van der Waals surface area contributed by atoms with E-state index in [4.69, 9.17) is 19.3 Å². The van der Waals surface area contributed by atoms with Crippen molar-refractivity contribution in [1.29, 1.82) is 0 Å². The number of aromatic carboxylic acids is 1. The summed E-state index contributed by atoms with van der Waals surface area (Å²) in [6, 6.07) is 2.58. The Morgan fingerprint density at radius 3 is 2.19 bits per heavy atom. The Balaban J connectivity index is 3.17. The van der Waals surface area contributed by atoms with Crippen molar-refractivity contribution in [3.8, 4) is 11.5 Å². The molecule has 21 heavy (non-hydrogen) atoms. The standard InChI is InChI=1S/C14H19NO6/c1-14(2,3)21-13(18)15-9-6-8(12(16)17)7-10(19-4)11(9)20-5/h6-7H,1-5H3,(H,15,18)(H,16,17). The molecule has 0 unspecified atom stereocenters. The van der Waals surface area contributed by atoms with E-state index in [1.807, 2.05) is 0 Å². The van der Waals surface area contributed by atoms with Gasteiger partial charge in [-0.15, -0.1) is 0 Å². The summed E-state index contributed by atoms with van der Waals surface area (Å²) in [6.45, 7) is 5.16. The molecule has 0 aromatic heterocycles. The van der Waals surface area contributed by atoms with E-state index >= 15 is 0 Å². The van der Waals surface area contributed by atoms with Crippen LogP contribution in [-0.2, 0) is 4.74 Å². The Morgan fingerprint density at radius 1 is 1.14 bits per heavy atom. The van der Waals surface area contributed by atoms with Gasteiger partial charge in [0.1, 0.15) is 5.60 Å². The zero-order chi connectivity index (χ0) is 16.2. The minimum absolute atomic E-state index is 0.0429. The number of ether oxygens (including phenoxy) is 3. The normalized spacial score (nSPS) is 10.7. The second-order valence-electron chi connectivity index (χ2n) is 5.19. The maximum atomic E-state index is 11.8. The lowest BCUT2D eigenvalue weighted by Crippen LogP contribution is -2.27. The van der Waals surface area contributed by atoms with Gasteiger partial charge >= 0.3 is 12.1 Å². The number of carbonyl (C=O) groups is 2. The minimum Gasteiger partial charge on any atom is -0.493 e. The summed E-state index contributed by atoms with van der Waals surface area (Å²) in [5.41, 5.74) is -0.562. The first-order valence-electron chi connectivity index (χ1n) is 6.17. The zero-order valence-electron chi connectivity index (χ0n) is 12.6. The molecule has 0 atom stereocenters. The van der Waals surface area contributed by atoms with Crippen LogP contribution in [0.15, 0.2) is 12.1 Å². The van der Waals surface area contributed by atoms with Crippen LogP contribution in [0.3, 0.4) is 0 Å². The molecule has 0 spiro atoms. The number of carboxylic acids is 1. The molecule has 2 N–H and O–H groups in total. The first kappa shape index (κ1) is 16.6. The Labute approximate surface area is 122 Å². The van der Waals surface area contributed by atoms with E-state index in [9.17, 15) is 9.59 Å². The number of benzene rings is 1. The van der Waals surface area contributed by atoms with Crippen LogP contribution in [0.2, 0.25) is 0 Å². The number of hydrogen-bond donors (Lipinski definition) is 2. The van der Waals surface area contributed by atoms with Gasteiger partial charge in [-0.25, -0.2) is 9.59 Å². The van der Waals surface area contributed by atoms with Crippen LogP contribution in [-0.4, -0.2) is 37.0 Å². The van der Waals surface area contributed by atoms with E-state index in [1.54, 1.807) is 20.8 Å². The van der Waals surface area contributed by atoms with E-state index in [0.29, 0.717) is 0 Å². The zero-order valence-corrected chi connectivity index (χ0v) is 12.6. The highest BCUT2D eigenvalue weighted by atomic mass is 16.6. The van der Waals surface area contributed by atoms with Crippen molar-refractivity contribution in [2.24, 2.45) is 0 Å². The first-order chi connectivity index (χ1) is 9.67. The molecule has 1 aromatic carbocycles. The molecule has 0 saturated heterocycles. The number of carboxylic acid groups (broad SMARTS) is 1.